The first kappa shape index (κ1) is 12.0. The second-order valence-corrected chi connectivity index (χ2v) is 3.90. The third-order valence-electron chi connectivity index (χ3n) is 2.59. The van der Waals surface area contributed by atoms with Crippen LogP contribution in [0, 0.1) is 0 Å². The van der Waals surface area contributed by atoms with E-state index in [9.17, 15) is 9.90 Å². The van der Waals surface area contributed by atoms with Gasteiger partial charge in [0.25, 0.3) is 0 Å². The summed E-state index contributed by atoms with van der Waals surface area (Å²) in [7, 11) is 0. The summed E-state index contributed by atoms with van der Waals surface area (Å²) in [6.07, 6.45) is -2.29. The zero-order valence-corrected chi connectivity index (χ0v) is 9.15. The van der Waals surface area contributed by atoms with Gasteiger partial charge in [0.05, 0.1) is 11.7 Å². The molecule has 2 N–H and O–H groups in total. The molecule has 92 valence electrons. The van der Waals surface area contributed by atoms with Gasteiger partial charge in [0.2, 0.25) is 0 Å². The van der Waals surface area contributed by atoms with E-state index in [2.05, 4.69) is 0 Å². The Morgan fingerprint density at radius 1 is 1.35 bits per heavy atom. The molecule has 0 bridgehead atoms. The van der Waals surface area contributed by atoms with Gasteiger partial charge in [0, 0.05) is 6.42 Å². The number of benzene rings is 1. The molecule has 2 rings (SSSR count). The lowest BCUT2D eigenvalue weighted by atomic mass is 10.2. The SMILES string of the molecule is O=C(OC[C@H]1O[C@H](O)C[C@H]1O)c1ccccc1. The lowest BCUT2D eigenvalue weighted by Crippen LogP contribution is -2.28. The summed E-state index contributed by atoms with van der Waals surface area (Å²) < 4.78 is 9.98. The minimum absolute atomic E-state index is 0.0635. The largest absolute Gasteiger partial charge is 0.459 e. The topological polar surface area (TPSA) is 76.0 Å². The van der Waals surface area contributed by atoms with Gasteiger partial charge in [0.15, 0.2) is 6.29 Å². The van der Waals surface area contributed by atoms with Crippen molar-refractivity contribution in [2.75, 3.05) is 6.61 Å². The molecule has 17 heavy (non-hydrogen) atoms. The normalized spacial score (nSPS) is 28.0. The van der Waals surface area contributed by atoms with Crippen molar-refractivity contribution in [3.05, 3.63) is 35.9 Å². The summed E-state index contributed by atoms with van der Waals surface area (Å²) in [5.41, 5.74) is 0.445. The van der Waals surface area contributed by atoms with Gasteiger partial charge in [-0.2, -0.15) is 0 Å². The Morgan fingerprint density at radius 3 is 2.65 bits per heavy atom. The van der Waals surface area contributed by atoms with Crippen molar-refractivity contribution in [3.8, 4) is 0 Å². The fourth-order valence-corrected chi connectivity index (χ4v) is 1.67. The molecule has 1 saturated heterocycles. The first-order chi connectivity index (χ1) is 8.16. The third-order valence-corrected chi connectivity index (χ3v) is 2.59. The fraction of sp³-hybridized carbons (Fsp3) is 0.417. The van der Waals surface area contributed by atoms with Crippen LogP contribution >= 0.6 is 0 Å². The molecule has 0 aromatic heterocycles. The molecule has 1 aliphatic heterocycles. The summed E-state index contributed by atoms with van der Waals surface area (Å²) in [5.74, 6) is -0.470. The predicted molar refractivity (Wildman–Crippen MR) is 58.2 cm³/mol. The first-order valence-electron chi connectivity index (χ1n) is 5.40. The van der Waals surface area contributed by atoms with Gasteiger partial charge in [-0.05, 0) is 12.1 Å². The van der Waals surface area contributed by atoms with Crippen molar-refractivity contribution in [1.82, 2.24) is 0 Å². The standard InChI is InChI=1S/C12H14O5/c13-9-6-11(14)17-10(9)7-16-12(15)8-4-2-1-3-5-8/h1-5,9-11,13-14H,6-7H2/t9-,10-,11+/m1/s1. The van der Waals surface area contributed by atoms with Crippen molar-refractivity contribution in [2.45, 2.75) is 24.9 Å². The first-order valence-corrected chi connectivity index (χ1v) is 5.40. The van der Waals surface area contributed by atoms with Crippen LogP contribution in [0.15, 0.2) is 30.3 Å². The molecule has 1 aromatic rings. The molecular weight excluding hydrogens is 224 g/mol. The van der Waals surface area contributed by atoms with Gasteiger partial charge in [-0.3, -0.25) is 0 Å². The molecule has 5 nitrogen and oxygen atoms in total. The molecule has 0 aliphatic carbocycles. The smallest absolute Gasteiger partial charge is 0.338 e. The Morgan fingerprint density at radius 2 is 2.06 bits per heavy atom. The maximum atomic E-state index is 11.6. The number of aliphatic hydroxyl groups is 2. The second-order valence-electron chi connectivity index (χ2n) is 3.90. The van der Waals surface area contributed by atoms with Crippen LogP contribution < -0.4 is 0 Å². The number of hydrogen-bond donors (Lipinski definition) is 2. The lowest BCUT2D eigenvalue weighted by Gasteiger charge is -2.13. The lowest BCUT2D eigenvalue weighted by molar-refractivity contribution is -0.109. The van der Waals surface area contributed by atoms with Crippen LogP contribution in [-0.2, 0) is 9.47 Å². The average molecular weight is 238 g/mol. The number of aliphatic hydroxyl groups excluding tert-OH is 2. The van der Waals surface area contributed by atoms with Crippen molar-refractivity contribution >= 4 is 5.97 Å². The van der Waals surface area contributed by atoms with Crippen molar-refractivity contribution in [2.24, 2.45) is 0 Å². The van der Waals surface area contributed by atoms with E-state index in [1.165, 1.54) is 0 Å². The van der Waals surface area contributed by atoms with Crippen LogP contribution in [-0.4, -0.2) is 41.3 Å². The molecule has 1 aliphatic rings. The predicted octanol–water partition coefficient (Wildman–Crippen LogP) is 0.312. The number of esters is 1. The zero-order valence-electron chi connectivity index (χ0n) is 9.15. The highest BCUT2D eigenvalue weighted by molar-refractivity contribution is 5.89. The van der Waals surface area contributed by atoms with Crippen molar-refractivity contribution in [3.63, 3.8) is 0 Å². The Hall–Kier alpha value is -1.43. The van der Waals surface area contributed by atoms with Gasteiger partial charge in [-0.15, -0.1) is 0 Å². The highest BCUT2D eigenvalue weighted by atomic mass is 16.6. The molecule has 0 saturated carbocycles. The van der Waals surface area contributed by atoms with E-state index in [4.69, 9.17) is 14.6 Å². The molecule has 3 atom stereocenters. The molecule has 0 amide bonds. The fourth-order valence-electron chi connectivity index (χ4n) is 1.67. The van der Waals surface area contributed by atoms with E-state index >= 15 is 0 Å². The van der Waals surface area contributed by atoms with Crippen LogP contribution in [0.25, 0.3) is 0 Å². The molecule has 5 heteroatoms. The summed E-state index contributed by atoms with van der Waals surface area (Å²) in [6.45, 7) is -0.0635. The van der Waals surface area contributed by atoms with E-state index in [1.807, 2.05) is 0 Å². The van der Waals surface area contributed by atoms with Gasteiger partial charge in [0.1, 0.15) is 12.7 Å². The molecule has 0 radical (unpaired) electrons. The molecule has 0 spiro atoms. The van der Waals surface area contributed by atoms with Crippen LogP contribution in [0.5, 0.6) is 0 Å². The minimum atomic E-state index is -0.981. The van der Waals surface area contributed by atoms with E-state index in [1.54, 1.807) is 30.3 Å². The maximum Gasteiger partial charge on any atom is 0.338 e. The van der Waals surface area contributed by atoms with Gasteiger partial charge in [-0.1, -0.05) is 18.2 Å². The van der Waals surface area contributed by atoms with E-state index in [0.717, 1.165) is 0 Å². The Balaban J connectivity index is 1.85. The number of hydrogen-bond acceptors (Lipinski definition) is 5. The van der Waals surface area contributed by atoms with E-state index in [0.29, 0.717) is 5.56 Å². The zero-order chi connectivity index (χ0) is 12.3. The van der Waals surface area contributed by atoms with Gasteiger partial charge < -0.3 is 19.7 Å². The van der Waals surface area contributed by atoms with Crippen LogP contribution in [0.1, 0.15) is 16.8 Å². The quantitative estimate of drug-likeness (QED) is 0.741. The molecule has 1 fully saturated rings. The Labute approximate surface area is 98.6 Å². The average Bonchev–Trinajstić information content (AvgIpc) is 2.66. The Bertz CT molecular complexity index is 378. The van der Waals surface area contributed by atoms with Crippen molar-refractivity contribution < 1.29 is 24.5 Å². The minimum Gasteiger partial charge on any atom is -0.459 e. The van der Waals surface area contributed by atoms with Gasteiger partial charge >= 0.3 is 5.97 Å². The van der Waals surface area contributed by atoms with E-state index < -0.39 is 24.5 Å². The molecule has 0 unspecified atom stereocenters. The highest BCUT2D eigenvalue weighted by Gasteiger charge is 2.33. The van der Waals surface area contributed by atoms with Crippen LogP contribution in [0.2, 0.25) is 0 Å². The second kappa shape index (κ2) is 5.27. The number of carbonyl (C=O) groups is 1. The summed E-state index contributed by atoms with van der Waals surface area (Å²) >= 11 is 0. The molecule has 1 heterocycles. The van der Waals surface area contributed by atoms with Crippen molar-refractivity contribution in [1.29, 1.82) is 0 Å². The summed E-state index contributed by atoms with van der Waals surface area (Å²) in [6, 6.07) is 8.56. The summed E-state index contributed by atoms with van der Waals surface area (Å²) in [5, 5.41) is 18.6. The number of ether oxygens (including phenoxy) is 2. The maximum absolute atomic E-state index is 11.6. The highest BCUT2D eigenvalue weighted by Crippen LogP contribution is 2.19. The summed E-state index contributed by atoms with van der Waals surface area (Å²) in [4.78, 5) is 11.6. The van der Waals surface area contributed by atoms with Gasteiger partial charge in [-0.25, -0.2) is 4.79 Å². The van der Waals surface area contributed by atoms with Crippen LogP contribution in [0.3, 0.4) is 0 Å². The van der Waals surface area contributed by atoms with E-state index in [-0.39, 0.29) is 13.0 Å². The number of rotatable bonds is 3. The molecular formula is C12H14O5. The third kappa shape index (κ3) is 3.03. The number of carbonyl (C=O) groups excluding carboxylic acids is 1. The monoisotopic (exact) mass is 238 g/mol. The molecule has 1 aromatic carbocycles. The Kier molecular flexibility index (Phi) is 3.73. The van der Waals surface area contributed by atoms with Crippen LogP contribution in [0.4, 0.5) is 0 Å².